The van der Waals surface area contributed by atoms with Crippen LogP contribution in [-0.2, 0) is 15.8 Å². The minimum Gasteiger partial charge on any atom is -0.495 e. The summed E-state index contributed by atoms with van der Waals surface area (Å²) in [5, 5.41) is 5.01. The number of hydrogen-bond donors (Lipinski definition) is 2. The van der Waals surface area contributed by atoms with E-state index in [1.54, 1.807) is 19.1 Å². The van der Waals surface area contributed by atoms with Gasteiger partial charge in [-0.25, -0.2) is 4.99 Å². The minimum atomic E-state index is -4.50. The number of aliphatic imine (C=N–C) groups is 1. The molecular weight excluding hydrogens is 455 g/mol. The van der Waals surface area contributed by atoms with E-state index in [2.05, 4.69) is 15.6 Å². The van der Waals surface area contributed by atoms with Crippen LogP contribution in [0.5, 0.6) is 5.75 Å². The third-order valence-corrected chi connectivity index (χ3v) is 5.80. The van der Waals surface area contributed by atoms with Crippen molar-refractivity contribution in [1.82, 2.24) is 5.32 Å². The van der Waals surface area contributed by atoms with E-state index in [-0.39, 0.29) is 17.3 Å². The number of carbonyl (C=O) groups excluding carboxylic acids is 2. The normalized spacial score (nSPS) is 17.5. The maximum atomic E-state index is 12.8. The van der Waals surface area contributed by atoms with E-state index in [9.17, 15) is 22.8 Å². The van der Waals surface area contributed by atoms with Gasteiger partial charge in [0.05, 0.1) is 24.0 Å². The van der Waals surface area contributed by atoms with E-state index in [0.717, 1.165) is 29.5 Å². The van der Waals surface area contributed by atoms with Crippen molar-refractivity contribution in [3.05, 3.63) is 52.5 Å². The Morgan fingerprint density at radius 3 is 2.74 bits per heavy atom. The largest absolute Gasteiger partial charge is 0.495 e. The summed E-state index contributed by atoms with van der Waals surface area (Å²) in [6.45, 7) is 1.77. The van der Waals surface area contributed by atoms with Gasteiger partial charge in [-0.1, -0.05) is 29.4 Å². The number of thioether (sulfide) groups is 1. The number of amides is 2. The summed E-state index contributed by atoms with van der Waals surface area (Å²) in [5.74, 6) is -0.516. The van der Waals surface area contributed by atoms with Crippen LogP contribution in [0, 0.1) is 6.92 Å². The number of benzene rings is 2. The fourth-order valence-electron chi connectivity index (χ4n) is 2.76. The van der Waals surface area contributed by atoms with Gasteiger partial charge in [0.15, 0.2) is 5.17 Å². The molecule has 0 unspecified atom stereocenters. The minimum absolute atomic E-state index is 0.0455. The molecule has 0 bridgehead atoms. The van der Waals surface area contributed by atoms with Gasteiger partial charge in [0.1, 0.15) is 11.0 Å². The van der Waals surface area contributed by atoms with Crippen molar-refractivity contribution in [1.29, 1.82) is 0 Å². The molecule has 0 radical (unpaired) electrons. The van der Waals surface area contributed by atoms with E-state index >= 15 is 0 Å². The number of nitrogens with one attached hydrogen (secondary N) is 2. The van der Waals surface area contributed by atoms with Gasteiger partial charge in [-0.2, -0.15) is 13.2 Å². The maximum absolute atomic E-state index is 12.8. The molecule has 1 heterocycles. The van der Waals surface area contributed by atoms with E-state index in [4.69, 9.17) is 16.3 Å². The number of carbonyl (C=O) groups is 2. The molecule has 0 spiro atoms. The molecule has 1 saturated heterocycles. The lowest BCUT2D eigenvalue weighted by atomic mass is 10.2. The van der Waals surface area contributed by atoms with Crippen LogP contribution in [-0.4, -0.2) is 29.3 Å². The molecule has 1 aliphatic rings. The molecular formula is C20H17ClF3N3O3S. The number of amidine groups is 1. The SMILES string of the molecule is COc1cc(Cl)c(C)cc1NC(=O)C[C@@H]1SC(=Nc2cccc(C(F)(F)F)c2)NC1=O. The van der Waals surface area contributed by atoms with Gasteiger partial charge in [0.25, 0.3) is 0 Å². The second kappa shape index (κ2) is 9.19. The molecule has 0 saturated carbocycles. The van der Waals surface area contributed by atoms with Gasteiger partial charge in [-0.05, 0) is 36.8 Å². The van der Waals surface area contributed by atoms with Crippen molar-refractivity contribution in [2.75, 3.05) is 12.4 Å². The first kappa shape index (κ1) is 23.0. The second-order valence-corrected chi connectivity index (χ2v) is 8.21. The number of methoxy groups -OCH3 is 1. The number of rotatable bonds is 5. The average Bonchev–Trinajstić information content (AvgIpc) is 3.02. The van der Waals surface area contributed by atoms with Gasteiger partial charge in [-0.15, -0.1) is 0 Å². The molecule has 0 aromatic heterocycles. The van der Waals surface area contributed by atoms with Crippen molar-refractivity contribution in [2.24, 2.45) is 4.99 Å². The Kier molecular flexibility index (Phi) is 6.80. The lowest BCUT2D eigenvalue weighted by molar-refractivity contribution is -0.137. The van der Waals surface area contributed by atoms with Crippen molar-refractivity contribution in [3.8, 4) is 5.75 Å². The van der Waals surface area contributed by atoms with Crippen LogP contribution >= 0.6 is 23.4 Å². The molecule has 1 fully saturated rings. The van der Waals surface area contributed by atoms with Crippen molar-refractivity contribution in [2.45, 2.75) is 24.8 Å². The number of anilines is 1. The zero-order valence-corrected chi connectivity index (χ0v) is 17.9. The molecule has 11 heteroatoms. The molecule has 2 amide bonds. The standard InChI is InChI=1S/C20H17ClF3N3O3S/c1-10-6-14(15(30-2)8-13(10)21)26-17(28)9-16-18(29)27-19(31-16)25-12-5-3-4-11(7-12)20(22,23)24/h3-8,16H,9H2,1-2H3,(H,26,28)(H,25,27,29)/t16-/m0/s1. The monoisotopic (exact) mass is 471 g/mol. The van der Waals surface area contributed by atoms with Crippen LogP contribution in [0.25, 0.3) is 0 Å². The lowest BCUT2D eigenvalue weighted by Gasteiger charge is -2.13. The van der Waals surface area contributed by atoms with E-state index < -0.39 is 28.8 Å². The highest BCUT2D eigenvalue weighted by Crippen LogP contribution is 2.33. The number of aryl methyl sites for hydroxylation is 1. The number of ether oxygens (including phenoxy) is 1. The fourth-order valence-corrected chi connectivity index (χ4v) is 3.90. The third kappa shape index (κ3) is 5.71. The average molecular weight is 472 g/mol. The summed E-state index contributed by atoms with van der Waals surface area (Å²) in [5.41, 5.74) is 0.354. The summed E-state index contributed by atoms with van der Waals surface area (Å²) < 4.78 is 43.7. The van der Waals surface area contributed by atoms with Gasteiger partial charge in [0, 0.05) is 17.5 Å². The van der Waals surface area contributed by atoms with E-state index in [1.165, 1.54) is 19.2 Å². The van der Waals surface area contributed by atoms with Crippen molar-refractivity contribution >= 4 is 51.7 Å². The molecule has 1 atom stereocenters. The van der Waals surface area contributed by atoms with Crippen LogP contribution in [0.3, 0.4) is 0 Å². The van der Waals surface area contributed by atoms with E-state index in [0.29, 0.717) is 16.5 Å². The summed E-state index contributed by atoms with van der Waals surface area (Å²) in [6.07, 6.45) is -4.66. The Labute approximate surface area is 185 Å². The number of halogens is 4. The molecule has 164 valence electrons. The molecule has 6 nitrogen and oxygen atoms in total. The van der Waals surface area contributed by atoms with E-state index in [1.807, 2.05) is 0 Å². The summed E-state index contributed by atoms with van der Waals surface area (Å²) in [4.78, 5) is 28.7. The predicted molar refractivity (Wildman–Crippen MR) is 114 cm³/mol. The smallest absolute Gasteiger partial charge is 0.416 e. The highest BCUT2D eigenvalue weighted by Gasteiger charge is 2.33. The first-order chi connectivity index (χ1) is 14.6. The van der Waals surface area contributed by atoms with Crippen molar-refractivity contribution < 1.29 is 27.5 Å². The summed E-state index contributed by atoms with van der Waals surface area (Å²) in [7, 11) is 1.44. The van der Waals surface area contributed by atoms with Crippen LogP contribution in [0.4, 0.5) is 24.5 Å². The molecule has 31 heavy (non-hydrogen) atoms. The molecule has 2 aromatic carbocycles. The summed E-state index contributed by atoms with van der Waals surface area (Å²) in [6, 6.07) is 7.67. The summed E-state index contributed by atoms with van der Waals surface area (Å²) >= 11 is 7.03. The Morgan fingerprint density at radius 1 is 1.32 bits per heavy atom. The molecule has 0 aliphatic carbocycles. The highest BCUT2D eigenvalue weighted by molar-refractivity contribution is 8.15. The van der Waals surface area contributed by atoms with Crippen LogP contribution < -0.4 is 15.4 Å². The predicted octanol–water partition coefficient (Wildman–Crippen LogP) is 4.92. The number of nitrogens with zero attached hydrogens (tertiary/aromatic N) is 1. The molecule has 3 rings (SSSR count). The lowest BCUT2D eigenvalue weighted by Crippen LogP contribution is -2.28. The third-order valence-electron chi connectivity index (χ3n) is 4.31. The Balaban J connectivity index is 1.68. The maximum Gasteiger partial charge on any atom is 0.416 e. The highest BCUT2D eigenvalue weighted by atomic mass is 35.5. The van der Waals surface area contributed by atoms with Crippen LogP contribution in [0.1, 0.15) is 17.5 Å². The Hall–Kier alpha value is -2.72. The first-order valence-electron chi connectivity index (χ1n) is 8.94. The van der Waals surface area contributed by atoms with Crippen LogP contribution in [0.2, 0.25) is 5.02 Å². The number of hydrogen-bond acceptors (Lipinski definition) is 5. The fraction of sp³-hybridized carbons (Fsp3) is 0.250. The van der Waals surface area contributed by atoms with Gasteiger partial charge in [-0.3, -0.25) is 9.59 Å². The first-order valence-corrected chi connectivity index (χ1v) is 10.2. The quantitative estimate of drug-likeness (QED) is 0.648. The Morgan fingerprint density at radius 2 is 2.06 bits per heavy atom. The van der Waals surface area contributed by atoms with Gasteiger partial charge in [0.2, 0.25) is 11.8 Å². The molecule has 1 aliphatic heterocycles. The van der Waals surface area contributed by atoms with Crippen molar-refractivity contribution in [3.63, 3.8) is 0 Å². The zero-order chi connectivity index (χ0) is 22.8. The second-order valence-electron chi connectivity index (χ2n) is 6.61. The van der Waals surface area contributed by atoms with Gasteiger partial charge < -0.3 is 15.4 Å². The number of alkyl halides is 3. The van der Waals surface area contributed by atoms with Crippen LogP contribution in [0.15, 0.2) is 41.4 Å². The zero-order valence-electron chi connectivity index (χ0n) is 16.3. The Bertz CT molecular complexity index is 1060. The molecule has 2 N–H and O–H groups in total. The topological polar surface area (TPSA) is 79.8 Å². The van der Waals surface area contributed by atoms with Gasteiger partial charge >= 0.3 is 6.18 Å². The molecule has 2 aromatic rings.